The summed E-state index contributed by atoms with van der Waals surface area (Å²) < 4.78 is 10.7. The molecule has 0 saturated heterocycles. The minimum Gasteiger partial charge on any atom is -0.459 e. The Hall–Kier alpha value is -1.87. The molecule has 0 spiro atoms. The molecular formula is C15H18O3. The lowest BCUT2D eigenvalue weighted by molar-refractivity contribution is -0.0329. The molecule has 0 N–H and O–H groups in total. The van der Waals surface area contributed by atoms with E-state index in [1.807, 2.05) is 13.0 Å². The van der Waals surface area contributed by atoms with Crippen molar-refractivity contribution in [2.24, 2.45) is 0 Å². The van der Waals surface area contributed by atoms with Crippen molar-refractivity contribution in [2.45, 2.75) is 12.5 Å². The average molecular weight is 246 g/mol. The van der Waals surface area contributed by atoms with E-state index in [9.17, 15) is 4.79 Å². The van der Waals surface area contributed by atoms with Crippen molar-refractivity contribution in [3.05, 3.63) is 61.2 Å². The molecular weight excluding hydrogens is 228 g/mol. The van der Waals surface area contributed by atoms with Gasteiger partial charge in [0.2, 0.25) is 0 Å². The highest BCUT2D eigenvalue weighted by atomic mass is 16.6. The molecule has 0 aliphatic rings. The van der Waals surface area contributed by atoms with E-state index in [0.717, 1.165) is 0 Å². The zero-order valence-corrected chi connectivity index (χ0v) is 10.6. The zero-order valence-electron chi connectivity index (χ0n) is 10.6. The first-order valence-electron chi connectivity index (χ1n) is 5.72. The van der Waals surface area contributed by atoms with Crippen molar-refractivity contribution in [3.8, 4) is 0 Å². The molecule has 0 radical (unpaired) electrons. The van der Waals surface area contributed by atoms with Gasteiger partial charge in [0.25, 0.3) is 0 Å². The maximum absolute atomic E-state index is 11.7. The highest BCUT2D eigenvalue weighted by Crippen LogP contribution is 2.13. The van der Waals surface area contributed by atoms with Crippen molar-refractivity contribution in [2.75, 3.05) is 13.2 Å². The fourth-order valence-electron chi connectivity index (χ4n) is 1.28. The maximum atomic E-state index is 11.7. The molecule has 1 aromatic rings. The van der Waals surface area contributed by atoms with Crippen LogP contribution in [0.4, 0.5) is 0 Å². The highest BCUT2D eigenvalue weighted by molar-refractivity contribution is 5.89. The van der Waals surface area contributed by atoms with Crippen LogP contribution in [0.3, 0.4) is 0 Å². The molecule has 0 saturated carbocycles. The second-order valence-electron chi connectivity index (χ2n) is 4.06. The number of esters is 1. The first-order chi connectivity index (χ1) is 8.61. The van der Waals surface area contributed by atoms with Crippen LogP contribution in [-0.2, 0) is 9.47 Å². The number of rotatable bonds is 7. The van der Waals surface area contributed by atoms with E-state index >= 15 is 0 Å². The Morgan fingerprint density at radius 3 is 2.56 bits per heavy atom. The van der Waals surface area contributed by atoms with Gasteiger partial charge in [-0.15, -0.1) is 13.2 Å². The minimum atomic E-state index is -0.696. The van der Waals surface area contributed by atoms with Gasteiger partial charge < -0.3 is 9.47 Å². The van der Waals surface area contributed by atoms with Crippen LogP contribution in [0.1, 0.15) is 17.3 Å². The first kappa shape index (κ1) is 14.2. The van der Waals surface area contributed by atoms with Crippen molar-refractivity contribution in [1.82, 2.24) is 0 Å². The van der Waals surface area contributed by atoms with Crippen LogP contribution >= 0.6 is 0 Å². The summed E-state index contributed by atoms with van der Waals surface area (Å²) in [5, 5.41) is 0. The van der Waals surface area contributed by atoms with Gasteiger partial charge in [-0.3, -0.25) is 0 Å². The quantitative estimate of drug-likeness (QED) is 0.548. The molecule has 3 heteroatoms. The summed E-state index contributed by atoms with van der Waals surface area (Å²) in [6, 6.07) is 8.84. The molecule has 0 unspecified atom stereocenters. The summed E-state index contributed by atoms with van der Waals surface area (Å²) in [4.78, 5) is 11.7. The molecule has 0 amide bonds. The molecule has 1 atom stereocenters. The van der Waals surface area contributed by atoms with Gasteiger partial charge in [0, 0.05) is 0 Å². The normalized spacial score (nSPS) is 13.4. The Bertz CT molecular complexity index is 411. The van der Waals surface area contributed by atoms with E-state index in [0.29, 0.717) is 12.2 Å². The standard InChI is InChI=1S/C15H18O3/c1-4-11-18-15(3,5-2)12-17-14(16)13-9-7-6-8-10-13/h4-10H,1-2,11-12H2,3H3/t15-/m1/s1. The van der Waals surface area contributed by atoms with Gasteiger partial charge in [-0.05, 0) is 19.1 Å². The Labute approximate surface area is 108 Å². The number of hydrogen-bond donors (Lipinski definition) is 0. The molecule has 1 aromatic carbocycles. The van der Waals surface area contributed by atoms with Gasteiger partial charge in [-0.25, -0.2) is 4.79 Å². The second kappa shape index (κ2) is 6.77. The van der Waals surface area contributed by atoms with Crippen molar-refractivity contribution in [1.29, 1.82) is 0 Å². The Morgan fingerprint density at radius 1 is 1.33 bits per heavy atom. The first-order valence-corrected chi connectivity index (χ1v) is 5.72. The average Bonchev–Trinajstić information content (AvgIpc) is 2.43. The minimum absolute atomic E-state index is 0.123. The molecule has 18 heavy (non-hydrogen) atoms. The van der Waals surface area contributed by atoms with Gasteiger partial charge in [-0.1, -0.05) is 30.4 Å². The largest absolute Gasteiger partial charge is 0.459 e. The van der Waals surface area contributed by atoms with Crippen LogP contribution in [0.15, 0.2) is 55.6 Å². The lowest BCUT2D eigenvalue weighted by atomic mass is 10.1. The second-order valence-corrected chi connectivity index (χ2v) is 4.06. The van der Waals surface area contributed by atoms with Crippen LogP contribution in [0.5, 0.6) is 0 Å². The summed E-state index contributed by atoms with van der Waals surface area (Å²) in [6.45, 7) is 9.57. The predicted octanol–water partition coefficient (Wildman–Crippen LogP) is 2.99. The van der Waals surface area contributed by atoms with Crippen molar-refractivity contribution >= 4 is 5.97 Å². The lowest BCUT2D eigenvalue weighted by Crippen LogP contribution is -2.33. The van der Waals surface area contributed by atoms with E-state index in [1.54, 1.807) is 36.4 Å². The number of hydrogen-bond acceptors (Lipinski definition) is 3. The van der Waals surface area contributed by atoms with Gasteiger partial charge in [0.05, 0.1) is 12.2 Å². The van der Waals surface area contributed by atoms with E-state index < -0.39 is 5.60 Å². The fourth-order valence-corrected chi connectivity index (χ4v) is 1.28. The third-order valence-corrected chi connectivity index (χ3v) is 2.46. The molecule has 0 aliphatic heterocycles. The number of ether oxygens (including phenoxy) is 2. The summed E-state index contributed by atoms with van der Waals surface area (Å²) >= 11 is 0. The van der Waals surface area contributed by atoms with Gasteiger partial charge in [0.15, 0.2) is 0 Å². The van der Waals surface area contributed by atoms with E-state index in [4.69, 9.17) is 9.47 Å². The third-order valence-electron chi connectivity index (χ3n) is 2.46. The molecule has 0 bridgehead atoms. The summed E-state index contributed by atoms with van der Waals surface area (Å²) in [5.74, 6) is -0.370. The SMILES string of the molecule is C=CCO[C@](C)(C=C)COC(=O)c1ccccc1. The molecule has 0 fully saturated rings. The smallest absolute Gasteiger partial charge is 0.338 e. The topological polar surface area (TPSA) is 35.5 Å². The lowest BCUT2D eigenvalue weighted by Gasteiger charge is -2.25. The zero-order chi connectivity index (χ0) is 13.4. The van der Waals surface area contributed by atoms with Crippen LogP contribution in [0.2, 0.25) is 0 Å². The highest BCUT2D eigenvalue weighted by Gasteiger charge is 2.23. The van der Waals surface area contributed by atoms with Crippen LogP contribution < -0.4 is 0 Å². The number of carbonyl (C=O) groups is 1. The Morgan fingerprint density at radius 2 is 2.00 bits per heavy atom. The molecule has 0 aliphatic carbocycles. The van der Waals surface area contributed by atoms with E-state index in [2.05, 4.69) is 13.2 Å². The fraction of sp³-hybridized carbons (Fsp3) is 0.267. The van der Waals surface area contributed by atoms with Crippen LogP contribution in [-0.4, -0.2) is 24.8 Å². The summed E-state index contributed by atoms with van der Waals surface area (Å²) in [6.07, 6.45) is 3.26. The number of benzene rings is 1. The third kappa shape index (κ3) is 4.18. The molecule has 1 rings (SSSR count). The van der Waals surface area contributed by atoms with Crippen molar-refractivity contribution < 1.29 is 14.3 Å². The molecule has 96 valence electrons. The monoisotopic (exact) mass is 246 g/mol. The van der Waals surface area contributed by atoms with Gasteiger partial charge in [-0.2, -0.15) is 0 Å². The van der Waals surface area contributed by atoms with Crippen LogP contribution in [0, 0.1) is 0 Å². The van der Waals surface area contributed by atoms with Gasteiger partial charge >= 0.3 is 5.97 Å². The Kier molecular flexibility index (Phi) is 5.33. The maximum Gasteiger partial charge on any atom is 0.338 e. The summed E-state index contributed by atoms with van der Waals surface area (Å²) in [5.41, 5.74) is -0.175. The van der Waals surface area contributed by atoms with Crippen LogP contribution in [0.25, 0.3) is 0 Å². The molecule has 3 nitrogen and oxygen atoms in total. The molecule has 0 heterocycles. The Balaban J connectivity index is 2.55. The van der Waals surface area contributed by atoms with Crippen molar-refractivity contribution in [3.63, 3.8) is 0 Å². The number of carbonyl (C=O) groups excluding carboxylic acids is 1. The summed E-state index contributed by atoms with van der Waals surface area (Å²) in [7, 11) is 0. The van der Waals surface area contributed by atoms with Gasteiger partial charge in [0.1, 0.15) is 12.2 Å². The molecule has 0 aromatic heterocycles. The van der Waals surface area contributed by atoms with E-state index in [-0.39, 0.29) is 12.6 Å². The van der Waals surface area contributed by atoms with E-state index in [1.165, 1.54) is 0 Å². The predicted molar refractivity (Wildman–Crippen MR) is 71.5 cm³/mol.